The van der Waals surface area contributed by atoms with Crippen molar-refractivity contribution in [3.8, 4) is 17.0 Å². The van der Waals surface area contributed by atoms with E-state index in [9.17, 15) is 18.0 Å². The number of ether oxygens (including phenoxy) is 1. The molecule has 1 aliphatic heterocycles. The molecule has 1 fully saturated rings. The van der Waals surface area contributed by atoms with Crippen molar-refractivity contribution in [3.05, 3.63) is 41.2 Å². The first-order chi connectivity index (χ1) is 13.8. The molecule has 8 nitrogen and oxygen atoms in total. The lowest BCUT2D eigenvalue weighted by molar-refractivity contribution is -0.274. The number of nitrogens with one attached hydrogen (secondary N) is 2. The molecule has 1 aliphatic rings. The molecule has 1 atom stereocenters. The summed E-state index contributed by atoms with van der Waals surface area (Å²) in [5.41, 5.74) is 0.849. The molecule has 2 N–H and O–H groups in total. The molecule has 4 heterocycles. The molecule has 1 unspecified atom stereocenters. The van der Waals surface area contributed by atoms with Crippen molar-refractivity contribution in [1.29, 1.82) is 0 Å². The average molecular weight is 443 g/mol. The lowest BCUT2D eigenvalue weighted by Gasteiger charge is -2.15. The summed E-state index contributed by atoms with van der Waals surface area (Å²) >= 11 is 0. The minimum absolute atomic E-state index is 0. The number of alkyl halides is 3. The van der Waals surface area contributed by atoms with Gasteiger partial charge in [-0.3, -0.25) is 9.78 Å². The molecule has 1 saturated heterocycles. The van der Waals surface area contributed by atoms with Gasteiger partial charge in [0, 0.05) is 31.4 Å². The van der Waals surface area contributed by atoms with Crippen LogP contribution in [0, 0.1) is 0 Å². The van der Waals surface area contributed by atoms with E-state index in [1.54, 1.807) is 7.05 Å². The number of aromatic nitrogens is 4. The maximum absolute atomic E-state index is 12.8. The molecule has 3 aromatic rings. The van der Waals surface area contributed by atoms with Gasteiger partial charge in [0.15, 0.2) is 0 Å². The Kier molecular flexibility index (Phi) is 6.13. The summed E-state index contributed by atoms with van der Waals surface area (Å²) in [6, 6.07) is 2.65. The van der Waals surface area contributed by atoms with Crippen molar-refractivity contribution in [1.82, 2.24) is 24.8 Å². The first-order valence-corrected chi connectivity index (χ1v) is 8.85. The van der Waals surface area contributed by atoms with E-state index in [0.717, 1.165) is 31.8 Å². The van der Waals surface area contributed by atoms with Gasteiger partial charge in [0.1, 0.15) is 17.0 Å². The summed E-state index contributed by atoms with van der Waals surface area (Å²) in [5, 5.41) is 6.81. The summed E-state index contributed by atoms with van der Waals surface area (Å²) in [4.78, 5) is 25.5. The van der Waals surface area contributed by atoms with E-state index in [1.807, 2.05) is 0 Å². The quantitative estimate of drug-likeness (QED) is 0.641. The Morgan fingerprint density at radius 2 is 2.03 bits per heavy atom. The standard InChI is InChI=1S/C18H17F3N6O2.ClH/c1-27-9-25-15-12(13-3-2-11(7-23-13)29-18(19,20)21)8-24-16(14(15)17(27)28)26-10-4-5-22-6-10;/h2-3,7-10,22H,4-6H2,1H3,(H,24,26);1H. The first kappa shape index (κ1) is 21.8. The Balaban J connectivity index is 0.00000256. The van der Waals surface area contributed by atoms with Crippen LogP contribution in [0.4, 0.5) is 19.0 Å². The largest absolute Gasteiger partial charge is 0.573 e. The fourth-order valence-corrected chi connectivity index (χ4v) is 3.21. The van der Waals surface area contributed by atoms with Crippen molar-refractivity contribution in [3.63, 3.8) is 0 Å². The topological polar surface area (TPSA) is 94.0 Å². The number of anilines is 1. The van der Waals surface area contributed by atoms with Crippen LogP contribution in [0.2, 0.25) is 0 Å². The van der Waals surface area contributed by atoms with Crippen molar-refractivity contribution in [2.45, 2.75) is 18.8 Å². The molecule has 0 aromatic carbocycles. The summed E-state index contributed by atoms with van der Waals surface area (Å²) < 4.78 is 42.2. The summed E-state index contributed by atoms with van der Waals surface area (Å²) in [7, 11) is 1.59. The average Bonchev–Trinajstić information content (AvgIpc) is 3.17. The zero-order valence-electron chi connectivity index (χ0n) is 15.7. The van der Waals surface area contributed by atoms with Gasteiger partial charge in [-0.25, -0.2) is 9.97 Å². The third-order valence-corrected chi connectivity index (χ3v) is 4.59. The third-order valence-electron chi connectivity index (χ3n) is 4.59. The fourth-order valence-electron chi connectivity index (χ4n) is 3.21. The van der Waals surface area contributed by atoms with Gasteiger partial charge < -0.3 is 19.9 Å². The molecule has 0 radical (unpaired) electrons. The molecule has 0 bridgehead atoms. The maximum Gasteiger partial charge on any atom is 0.573 e. The van der Waals surface area contributed by atoms with Crippen LogP contribution in [0.25, 0.3) is 22.2 Å². The van der Waals surface area contributed by atoms with E-state index >= 15 is 0 Å². The highest BCUT2D eigenvalue weighted by Crippen LogP contribution is 2.29. The molecule has 160 valence electrons. The summed E-state index contributed by atoms with van der Waals surface area (Å²) in [6.45, 7) is 1.63. The number of hydrogen-bond donors (Lipinski definition) is 2. The van der Waals surface area contributed by atoms with Crippen molar-refractivity contribution >= 4 is 29.1 Å². The highest BCUT2D eigenvalue weighted by molar-refractivity contribution is 5.97. The smallest absolute Gasteiger partial charge is 0.404 e. The number of rotatable bonds is 4. The zero-order chi connectivity index (χ0) is 20.6. The van der Waals surface area contributed by atoms with Crippen LogP contribution in [0.1, 0.15) is 6.42 Å². The Morgan fingerprint density at radius 1 is 1.23 bits per heavy atom. The van der Waals surface area contributed by atoms with Crippen LogP contribution in [0.5, 0.6) is 5.75 Å². The van der Waals surface area contributed by atoms with Crippen LogP contribution in [-0.2, 0) is 7.05 Å². The van der Waals surface area contributed by atoms with Crippen LogP contribution < -0.4 is 20.9 Å². The Bertz CT molecular complexity index is 1100. The van der Waals surface area contributed by atoms with Crippen molar-refractivity contribution in [2.75, 3.05) is 18.4 Å². The number of halogens is 4. The molecule has 0 spiro atoms. The predicted octanol–water partition coefficient (Wildman–Crippen LogP) is 2.48. The maximum atomic E-state index is 12.8. The number of pyridine rings is 2. The number of hydrogen-bond acceptors (Lipinski definition) is 7. The Labute approximate surface area is 174 Å². The van der Waals surface area contributed by atoms with Gasteiger partial charge in [0.25, 0.3) is 5.56 Å². The Hall–Kier alpha value is -2.92. The lowest BCUT2D eigenvalue weighted by Crippen LogP contribution is -2.25. The number of aryl methyl sites for hydroxylation is 1. The van der Waals surface area contributed by atoms with Crippen LogP contribution in [0.15, 0.2) is 35.6 Å². The molecular weight excluding hydrogens is 425 g/mol. The first-order valence-electron chi connectivity index (χ1n) is 8.85. The van der Waals surface area contributed by atoms with Gasteiger partial charge in [-0.05, 0) is 25.1 Å². The van der Waals surface area contributed by atoms with Gasteiger partial charge in [0.2, 0.25) is 0 Å². The summed E-state index contributed by atoms with van der Waals surface area (Å²) in [6.07, 6.45) is -0.0459. The van der Waals surface area contributed by atoms with Crippen molar-refractivity contribution < 1.29 is 17.9 Å². The fraction of sp³-hybridized carbons (Fsp3) is 0.333. The second-order valence-corrected chi connectivity index (χ2v) is 6.67. The highest BCUT2D eigenvalue weighted by atomic mass is 35.5. The molecule has 4 rings (SSSR count). The minimum Gasteiger partial charge on any atom is -0.404 e. The van der Waals surface area contributed by atoms with E-state index < -0.39 is 12.1 Å². The Morgan fingerprint density at radius 3 is 2.67 bits per heavy atom. The molecule has 3 aromatic heterocycles. The molecule has 30 heavy (non-hydrogen) atoms. The number of nitrogens with zero attached hydrogens (tertiary/aromatic N) is 4. The second kappa shape index (κ2) is 8.44. The third kappa shape index (κ3) is 4.46. The van der Waals surface area contributed by atoms with Crippen LogP contribution in [0.3, 0.4) is 0 Å². The van der Waals surface area contributed by atoms with Gasteiger partial charge in [-0.2, -0.15) is 0 Å². The monoisotopic (exact) mass is 442 g/mol. The molecular formula is C18H18ClF3N6O2. The molecule has 12 heteroatoms. The predicted molar refractivity (Wildman–Crippen MR) is 107 cm³/mol. The van der Waals surface area contributed by atoms with Gasteiger partial charge in [-0.15, -0.1) is 25.6 Å². The van der Waals surface area contributed by atoms with E-state index in [2.05, 4.69) is 30.3 Å². The SMILES string of the molecule is Cl.Cn1cnc2c(-c3ccc(OC(F)(F)F)cn3)cnc(NC3CCNC3)c2c1=O. The van der Waals surface area contributed by atoms with Gasteiger partial charge >= 0.3 is 6.36 Å². The second-order valence-electron chi connectivity index (χ2n) is 6.67. The van der Waals surface area contributed by atoms with Crippen molar-refractivity contribution in [2.24, 2.45) is 7.05 Å². The number of fused-ring (bicyclic) bond motifs is 1. The minimum atomic E-state index is -4.80. The molecule has 0 amide bonds. The lowest BCUT2D eigenvalue weighted by atomic mass is 10.1. The molecule has 0 saturated carbocycles. The van der Waals surface area contributed by atoms with E-state index in [0.29, 0.717) is 28.0 Å². The molecule has 0 aliphatic carbocycles. The van der Waals surface area contributed by atoms with Crippen LogP contribution in [-0.4, -0.2) is 45.0 Å². The van der Waals surface area contributed by atoms with Gasteiger partial charge in [0.05, 0.1) is 23.7 Å². The van der Waals surface area contributed by atoms with Crippen LogP contribution >= 0.6 is 12.4 Å². The summed E-state index contributed by atoms with van der Waals surface area (Å²) in [5.74, 6) is -0.0161. The normalized spacial score (nSPS) is 16.3. The highest BCUT2D eigenvalue weighted by Gasteiger charge is 2.31. The zero-order valence-corrected chi connectivity index (χ0v) is 16.5. The van der Waals surface area contributed by atoms with E-state index in [4.69, 9.17) is 0 Å². The van der Waals surface area contributed by atoms with Gasteiger partial charge in [-0.1, -0.05) is 0 Å². The van der Waals surface area contributed by atoms with E-state index in [-0.39, 0.29) is 24.0 Å². The van der Waals surface area contributed by atoms with E-state index in [1.165, 1.54) is 23.2 Å².